The molecule has 0 aliphatic carbocycles. The Morgan fingerprint density at radius 2 is 2.23 bits per heavy atom. The third kappa shape index (κ3) is 2.74. The highest BCUT2D eigenvalue weighted by Gasteiger charge is 2.31. The minimum Gasteiger partial charge on any atom is -0.372 e. The van der Waals surface area contributed by atoms with Crippen LogP contribution in [0.15, 0.2) is 24.5 Å². The van der Waals surface area contributed by atoms with E-state index < -0.39 is 11.7 Å². The smallest absolute Gasteiger partial charge is 0.372 e. The molecule has 0 bridgehead atoms. The molecule has 8 heteroatoms. The Labute approximate surface area is 123 Å². The molecule has 1 aliphatic heterocycles. The highest BCUT2D eigenvalue weighted by molar-refractivity contribution is 5.76. The van der Waals surface area contributed by atoms with Gasteiger partial charge in [-0.15, -0.1) is 0 Å². The highest BCUT2D eigenvalue weighted by Crippen LogP contribution is 2.31. The number of hydrogen-bond acceptors (Lipinski definition) is 4. The molecule has 0 radical (unpaired) electrons. The predicted octanol–water partition coefficient (Wildman–Crippen LogP) is 2.95. The number of nitrogens with zero attached hydrogens (tertiary/aromatic N) is 3. The van der Waals surface area contributed by atoms with E-state index in [0.29, 0.717) is 24.2 Å². The summed E-state index contributed by atoms with van der Waals surface area (Å²) in [6.45, 7) is 0.581. The lowest BCUT2D eigenvalue weighted by Crippen LogP contribution is -2.08. The number of hydrogen-bond donors (Lipinski definition) is 0. The molecule has 2 aromatic rings. The minimum atomic E-state index is -4.46. The third-order valence-electron chi connectivity index (χ3n) is 3.44. The van der Waals surface area contributed by atoms with Gasteiger partial charge >= 0.3 is 6.18 Å². The maximum Gasteiger partial charge on any atom is 0.416 e. The average Bonchev–Trinajstić information content (AvgIpc) is 3.15. The zero-order chi connectivity index (χ0) is 15.7. The van der Waals surface area contributed by atoms with Gasteiger partial charge in [-0.05, 0) is 25.0 Å². The van der Waals surface area contributed by atoms with E-state index in [1.165, 1.54) is 10.9 Å². The van der Waals surface area contributed by atoms with E-state index in [9.17, 15) is 18.0 Å². The van der Waals surface area contributed by atoms with Crippen molar-refractivity contribution in [1.29, 1.82) is 0 Å². The molecule has 0 N–H and O–H groups in total. The summed E-state index contributed by atoms with van der Waals surface area (Å²) in [6.07, 6.45) is -0.124. The second-order valence-corrected chi connectivity index (χ2v) is 4.93. The van der Waals surface area contributed by atoms with Crippen LogP contribution < -0.4 is 0 Å². The van der Waals surface area contributed by atoms with Gasteiger partial charge in [-0.2, -0.15) is 18.3 Å². The van der Waals surface area contributed by atoms with Crippen molar-refractivity contribution in [3.63, 3.8) is 0 Å². The molecule has 5 nitrogen and oxygen atoms in total. The van der Waals surface area contributed by atoms with E-state index in [1.807, 2.05) is 0 Å². The Bertz CT molecular complexity index is 691. The van der Waals surface area contributed by atoms with Crippen LogP contribution in [0.2, 0.25) is 0 Å². The summed E-state index contributed by atoms with van der Waals surface area (Å²) in [5.41, 5.74) is -0.0860. The fourth-order valence-corrected chi connectivity index (χ4v) is 2.37. The van der Waals surface area contributed by atoms with Gasteiger partial charge in [0.2, 0.25) is 0 Å². The SMILES string of the molecule is O=Cc1cn(-c2cc(C(F)(F)F)ccn2)nc1C1CCCO1. The van der Waals surface area contributed by atoms with E-state index in [4.69, 9.17) is 4.74 Å². The minimum absolute atomic E-state index is 0.00201. The van der Waals surface area contributed by atoms with Crippen LogP contribution in [-0.2, 0) is 10.9 Å². The number of aromatic nitrogens is 3. The van der Waals surface area contributed by atoms with Crippen molar-refractivity contribution < 1.29 is 22.7 Å². The quantitative estimate of drug-likeness (QED) is 0.818. The van der Waals surface area contributed by atoms with Gasteiger partial charge in [-0.25, -0.2) is 9.67 Å². The molecule has 3 heterocycles. The number of alkyl halides is 3. The van der Waals surface area contributed by atoms with Crippen LogP contribution in [-0.4, -0.2) is 27.7 Å². The maximum atomic E-state index is 12.7. The van der Waals surface area contributed by atoms with Crippen LogP contribution in [0.5, 0.6) is 0 Å². The molecular formula is C14H12F3N3O2. The van der Waals surface area contributed by atoms with Crippen LogP contribution in [0.3, 0.4) is 0 Å². The summed E-state index contributed by atoms with van der Waals surface area (Å²) >= 11 is 0. The molecule has 1 atom stereocenters. The van der Waals surface area contributed by atoms with E-state index in [0.717, 1.165) is 31.2 Å². The molecule has 1 aliphatic rings. The van der Waals surface area contributed by atoms with Crippen LogP contribution in [0.4, 0.5) is 13.2 Å². The summed E-state index contributed by atoms with van der Waals surface area (Å²) in [6, 6.07) is 1.77. The first-order chi connectivity index (χ1) is 10.5. The molecule has 2 aromatic heterocycles. The first-order valence-corrected chi connectivity index (χ1v) is 6.69. The Hall–Kier alpha value is -2.22. The van der Waals surface area contributed by atoms with Gasteiger partial charge in [0.25, 0.3) is 0 Å². The van der Waals surface area contributed by atoms with E-state index in [1.54, 1.807) is 0 Å². The summed E-state index contributed by atoms with van der Waals surface area (Å²) < 4.78 is 44.9. The fourth-order valence-electron chi connectivity index (χ4n) is 2.37. The van der Waals surface area contributed by atoms with Crippen LogP contribution in [0, 0.1) is 0 Å². The molecule has 116 valence electrons. The van der Waals surface area contributed by atoms with Crippen molar-refractivity contribution in [1.82, 2.24) is 14.8 Å². The molecule has 1 unspecified atom stereocenters. The van der Waals surface area contributed by atoms with E-state index in [-0.39, 0.29) is 11.9 Å². The fraction of sp³-hybridized carbons (Fsp3) is 0.357. The molecule has 0 spiro atoms. The van der Waals surface area contributed by atoms with Crippen molar-refractivity contribution >= 4 is 6.29 Å². The Balaban J connectivity index is 2.00. The average molecular weight is 311 g/mol. The van der Waals surface area contributed by atoms with Gasteiger partial charge in [0.05, 0.1) is 11.1 Å². The van der Waals surface area contributed by atoms with Gasteiger partial charge in [0, 0.05) is 19.0 Å². The van der Waals surface area contributed by atoms with Crippen molar-refractivity contribution in [3.8, 4) is 5.82 Å². The second kappa shape index (κ2) is 5.53. The van der Waals surface area contributed by atoms with Crippen LogP contribution in [0.1, 0.15) is 40.6 Å². The largest absolute Gasteiger partial charge is 0.416 e. The molecule has 22 heavy (non-hydrogen) atoms. The summed E-state index contributed by atoms with van der Waals surface area (Å²) in [7, 11) is 0. The molecule has 0 aromatic carbocycles. The molecule has 1 saturated heterocycles. The van der Waals surface area contributed by atoms with Crippen LogP contribution >= 0.6 is 0 Å². The molecule has 1 fully saturated rings. The summed E-state index contributed by atoms with van der Waals surface area (Å²) in [5, 5.41) is 4.19. The number of rotatable bonds is 3. The standard InChI is InChI=1S/C14H12F3N3O2/c15-14(16,17)10-3-4-18-12(6-10)20-7-9(8-21)13(19-20)11-2-1-5-22-11/h3-4,6-8,11H,1-2,5H2. The predicted molar refractivity (Wildman–Crippen MR) is 69.7 cm³/mol. The Kier molecular flexibility index (Phi) is 3.69. The number of carbonyl (C=O) groups is 1. The molecule has 0 saturated carbocycles. The molecule has 3 rings (SSSR count). The number of halogens is 3. The lowest BCUT2D eigenvalue weighted by molar-refractivity contribution is -0.137. The summed E-state index contributed by atoms with van der Waals surface area (Å²) in [4.78, 5) is 15.0. The van der Waals surface area contributed by atoms with Gasteiger partial charge in [-0.3, -0.25) is 4.79 Å². The molecule has 0 amide bonds. The molecular weight excluding hydrogens is 299 g/mol. The van der Waals surface area contributed by atoms with E-state index in [2.05, 4.69) is 10.1 Å². The maximum absolute atomic E-state index is 12.7. The number of pyridine rings is 1. The zero-order valence-electron chi connectivity index (χ0n) is 11.4. The lowest BCUT2D eigenvalue weighted by Gasteiger charge is -2.08. The van der Waals surface area contributed by atoms with Crippen molar-refractivity contribution in [2.45, 2.75) is 25.1 Å². The van der Waals surface area contributed by atoms with Crippen LogP contribution in [0.25, 0.3) is 5.82 Å². The monoisotopic (exact) mass is 311 g/mol. The first-order valence-electron chi connectivity index (χ1n) is 6.69. The lowest BCUT2D eigenvalue weighted by atomic mass is 10.1. The number of aldehydes is 1. The van der Waals surface area contributed by atoms with Gasteiger partial charge < -0.3 is 4.74 Å². The van der Waals surface area contributed by atoms with Gasteiger partial charge in [-0.1, -0.05) is 0 Å². The Morgan fingerprint density at radius 1 is 1.41 bits per heavy atom. The zero-order valence-corrected chi connectivity index (χ0v) is 11.4. The van der Waals surface area contributed by atoms with Gasteiger partial charge in [0.1, 0.15) is 11.8 Å². The van der Waals surface area contributed by atoms with Crippen molar-refractivity contribution in [2.75, 3.05) is 6.61 Å². The first kappa shape index (κ1) is 14.7. The van der Waals surface area contributed by atoms with Crippen molar-refractivity contribution in [3.05, 3.63) is 41.3 Å². The van der Waals surface area contributed by atoms with Crippen molar-refractivity contribution in [2.24, 2.45) is 0 Å². The highest BCUT2D eigenvalue weighted by atomic mass is 19.4. The topological polar surface area (TPSA) is 57.0 Å². The second-order valence-electron chi connectivity index (χ2n) is 4.93. The summed E-state index contributed by atoms with van der Waals surface area (Å²) in [5.74, 6) is 0.00201. The number of carbonyl (C=O) groups excluding carboxylic acids is 1. The normalized spacial score (nSPS) is 18.6. The Morgan fingerprint density at radius 3 is 2.86 bits per heavy atom. The third-order valence-corrected chi connectivity index (χ3v) is 3.44. The number of ether oxygens (including phenoxy) is 1. The van der Waals surface area contributed by atoms with Gasteiger partial charge in [0.15, 0.2) is 12.1 Å². The van der Waals surface area contributed by atoms with E-state index >= 15 is 0 Å².